The van der Waals surface area contributed by atoms with Gasteiger partial charge in [-0.25, -0.2) is 4.39 Å². The molecular formula is C15H23FO2. The van der Waals surface area contributed by atoms with Crippen LogP contribution in [-0.2, 0) is 9.59 Å². The van der Waals surface area contributed by atoms with Crippen LogP contribution in [0.15, 0.2) is 24.6 Å². The zero-order valence-electron chi connectivity index (χ0n) is 12.0. The lowest BCUT2D eigenvalue weighted by Gasteiger charge is -2.21. The normalized spacial score (nSPS) is 12.8. The van der Waals surface area contributed by atoms with E-state index < -0.39 is 22.4 Å². The minimum absolute atomic E-state index is 0.0207. The first-order valence-corrected chi connectivity index (χ1v) is 6.15. The van der Waals surface area contributed by atoms with Crippen LogP contribution in [0.1, 0.15) is 47.5 Å². The van der Waals surface area contributed by atoms with E-state index in [0.717, 1.165) is 6.42 Å². The molecule has 0 fully saturated rings. The Labute approximate surface area is 109 Å². The van der Waals surface area contributed by atoms with Gasteiger partial charge in [-0.2, -0.15) is 0 Å². The molecule has 0 bridgehead atoms. The van der Waals surface area contributed by atoms with Crippen molar-refractivity contribution in [3.05, 3.63) is 24.6 Å². The number of allylic oxidation sites excluding steroid dienone is 3. The molecule has 2 nitrogen and oxygen atoms in total. The SMILES string of the molecule is C=C(F)C(=O)C(C)(C)C/C=C/C(=O)C(C)(C)CC. The summed E-state index contributed by atoms with van der Waals surface area (Å²) in [6, 6.07) is 0. The molecule has 0 saturated carbocycles. The first-order valence-electron chi connectivity index (χ1n) is 6.15. The average molecular weight is 254 g/mol. The maximum atomic E-state index is 12.8. The highest BCUT2D eigenvalue weighted by Gasteiger charge is 2.29. The third-order valence-electron chi connectivity index (χ3n) is 3.31. The quantitative estimate of drug-likeness (QED) is 0.643. The maximum Gasteiger partial charge on any atom is 0.196 e. The molecule has 0 aromatic rings. The van der Waals surface area contributed by atoms with E-state index in [-0.39, 0.29) is 5.78 Å². The predicted molar refractivity (Wildman–Crippen MR) is 71.9 cm³/mol. The number of halogens is 1. The zero-order chi connectivity index (χ0) is 14.6. The Morgan fingerprint density at radius 3 is 2.06 bits per heavy atom. The second-order valence-corrected chi connectivity index (χ2v) is 5.83. The number of carbonyl (C=O) groups excluding carboxylic acids is 2. The van der Waals surface area contributed by atoms with Gasteiger partial charge in [0, 0.05) is 10.8 Å². The lowest BCUT2D eigenvalue weighted by Crippen LogP contribution is -2.24. The minimum Gasteiger partial charge on any atom is -0.294 e. The molecule has 18 heavy (non-hydrogen) atoms. The van der Waals surface area contributed by atoms with E-state index in [4.69, 9.17) is 0 Å². The third kappa shape index (κ3) is 4.55. The summed E-state index contributed by atoms with van der Waals surface area (Å²) in [6.07, 6.45) is 4.19. The smallest absolute Gasteiger partial charge is 0.196 e. The van der Waals surface area contributed by atoms with Crippen molar-refractivity contribution in [2.75, 3.05) is 0 Å². The van der Waals surface area contributed by atoms with Gasteiger partial charge < -0.3 is 0 Å². The summed E-state index contributed by atoms with van der Waals surface area (Å²) in [6.45, 7) is 12.0. The van der Waals surface area contributed by atoms with E-state index in [1.54, 1.807) is 19.9 Å². The van der Waals surface area contributed by atoms with E-state index in [1.165, 1.54) is 6.08 Å². The molecule has 0 aliphatic heterocycles. The topological polar surface area (TPSA) is 34.1 Å². The molecule has 0 spiro atoms. The van der Waals surface area contributed by atoms with Gasteiger partial charge in [0.25, 0.3) is 0 Å². The van der Waals surface area contributed by atoms with Crippen LogP contribution in [-0.4, -0.2) is 11.6 Å². The molecule has 0 amide bonds. The molecule has 0 N–H and O–H groups in total. The maximum absolute atomic E-state index is 12.8. The Bertz CT molecular complexity index is 376. The Morgan fingerprint density at radius 1 is 1.17 bits per heavy atom. The van der Waals surface area contributed by atoms with Crippen molar-refractivity contribution in [1.82, 2.24) is 0 Å². The lowest BCUT2D eigenvalue weighted by atomic mass is 9.82. The van der Waals surface area contributed by atoms with Gasteiger partial charge in [-0.05, 0) is 18.9 Å². The lowest BCUT2D eigenvalue weighted by molar-refractivity contribution is -0.125. The summed E-state index contributed by atoms with van der Waals surface area (Å²) in [5.74, 6) is -1.53. The van der Waals surface area contributed by atoms with Gasteiger partial charge in [-0.15, -0.1) is 0 Å². The van der Waals surface area contributed by atoms with E-state index >= 15 is 0 Å². The van der Waals surface area contributed by atoms with Crippen LogP contribution in [0, 0.1) is 10.8 Å². The van der Waals surface area contributed by atoms with Crippen molar-refractivity contribution in [2.45, 2.75) is 47.5 Å². The van der Waals surface area contributed by atoms with Crippen molar-refractivity contribution in [2.24, 2.45) is 10.8 Å². The second kappa shape index (κ2) is 6.07. The molecular weight excluding hydrogens is 231 g/mol. The standard InChI is InChI=1S/C15H23FO2/c1-7-14(3,4)12(17)9-8-10-15(5,6)13(18)11(2)16/h8-9H,2,7,10H2,1,3-6H3/b9-8+. The second-order valence-electron chi connectivity index (χ2n) is 5.83. The monoisotopic (exact) mass is 254 g/mol. The zero-order valence-corrected chi connectivity index (χ0v) is 12.0. The molecule has 0 rings (SSSR count). The van der Waals surface area contributed by atoms with E-state index in [0.29, 0.717) is 6.42 Å². The van der Waals surface area contributed by atoms with Crippen LogP contribution < -0.4 is 0 Å². The number of hydrogen-bond acceptors (Lipinski definition) is 2. The van der Waals surface area contributed by atoms with Gasteiger partial charge in [0.2, 0.25) is 0 Å². The molecule has 0 atom stereocenters. The molecule has 0 heterocycles. The molecule has 0 saturated heterocycles. The number of carbonyl (C=O) groups is 2. The average Bonchev–Trinajstić information content (AvgIpc) is 2.27. The van der Waals surface area contributed by atoms with Gasteiger partial charge in [-0.3, -0.25) is 9.59 Å². The Kier molecular flexibility index (Phi) is 5.65. The van der Waals surface area contributed by atoms with Gasteiger partial charge in [0.05, 0.1) is 0 Å². The Morgan fingerprint density at radius 2 is 1.67 bits per heavy atom. The van der Waals surface area contributed by atoms with Gasteiger partial charge >= 0.3 is 0 Å². The third-order valence-corrected chi connectivity index (χ3v) is 3.31. The molecule has 0 unspecified atom stereocenters. The highest BCUT2D eigenvalue weighted by molar-refractivity contribution is 5.97. The van der Waals surface area contributed by atoms with Crippen LogP contribution >= 0.6 is 0 Å². The highest BCUT2D eigenvalue weighted by Crippen LogP contribution is 2.27. The largest absolute Gasteiger partial charge is 0.294 e. The number of ketones is 2. The highest BCUT2D eigenvalue weighted by atomic mass is 19.1. The fourth-order valence-corrected chi connectivity index (χ4v) is 1.32. The molecule has 102 valence electrons. The molecule has 0 aliphatic carbocycles. The summed E-state index contributed by atoms with van der Waals surface area (Å²) < 4.78 is 12.8. The number of rotatable bonds is 7. The number of hydrogen-bond donors (Lipinski definition) is 0. The van der Waals surface area contributed by atoms with Crippen LogP contribution in [0.3, 0.4) is 0 Å². The fraction of sp³-hybridized carbons (Fsp3) is 0.600. The van der Waals surface area contributed by atoms with Crippen molar-refractivity contribution >= 4 is 11.6 Å². The fourth-order valence-electron chi connectivity index (χ4n) is 1.32. The summed E-state index contributed by atoms with van der Waals surface area (Å²) >= 11 is 0. The molecule has 0 aromatic heterocycles. The van der Waals surface area contributed by atoms with E-state index in [2.05, 4.69) is 6.58 Å². The summed E-state index contributed by atoms with van der Waals surface area (Å²) in [7, 11) is 0. The summed E-state index contributed by atoms with van der Waals surface area (Å²) in [5, 5.41) is 0. The number of Topliss-reactive ketones (excluding diaryl/α,β-unsaturated/α-hetero) is 1. The summed E-state index contributed by atoms with van der Waals surface area (Å²) in [5.41, 5.74) is -1.26. The van der Waals surface area contributed by atoms with Crippen LogP contribution in [0.4, 0.5) is 4.39 Å². The van der Waals surface area contributed by atoms with Gasteiger partial charge in [0.15, 0.2) is 17.4 Å². The summed E-state index contributed by atoms with van der Waals surface area (Å²) in [4.78, 5) is 23.3. The van der Waals surface area contributed by atoms with Crippen molar-refractivity contribution < 1.29 is 14.0 Å². The Balaban J connectivity index is 4.64. The van der Waals surface area contributed by atoms with Crippen molar-refractivity contribution in [3.63, 3.8) is 0 Å². The van der Waals surface area contributed by atoms with Crippen LogP contribution in [0.25, 0.3) is 0 Å². The van der Waals surface area contributed by atoms with Gasteiger partial charge in [-0.1, -0.05) is 47.3 Å². The minimum atomic E-state index is -0.936. The van der Waals surface area contributed by atoms with E-state index in [1.807, 2.05) is 20.8 Å². The molecule has 3 heteroatoms. The Hall–Kier alpha value is -1.25. The van der Waals surface area contributed by atoms with Crippen molar-refractivity contribution in [1.29, 1.82) is 0 Å². The van der Waals surface area contributed by atoms with Crippen LogP contribution in [0.5, 0.6) is 0 Å². The predicted octanol–water partition coefficient (Wildman–Crippen LogP) is 4.02. The first kappa shape index (κ1) is 16.8. The van der Waals surface area contributed by atoms with Crippen LogP contribution in [0.2, 0.25) is 0 Å². The van der Waals surface area contributed by atoms with Crippen molar-refractivity contribution in [3.8, 4) is 0 Å². The van der Waals surface area contributed by atoms with Gasteiger partial charge in [0.1, 0.15) is 0 Å². The molecule has 0 radical (unpaired) electrons. The first-order chi connectivity index (χ1) is 8.04. The van der Waals surface area contributed by atoms with E-state index in [9.17, 15) is 14.0 Å². The molecule has 0 aliphatic rings. The molecule has 0 aromatic carbocycles.